The topological polar surface area (TPSA) is 59.3 Å². The van der Waals surface area contributed by atoms with Crippen molar-refractivity contribution in [2.75, 3.05) is 7.11 Å². The van der Waals surface area contributed by atoms with E-state index < -0.39 is 6.10 Å². The Bertz CT molecular complexity index is 440. The summed E-state index contributed by atoms with van der Waals surface area (Å²) in [6, 6.07) is 5.10. The Hall–Kier alpha value is -1.54. The molecule has 0 heterocycles. The molecule has 16 heavy (non-hydrogen) atoms. The van der Waals surface area contributed by atoms with Gasteiger partial charge in [0.05, 0.1) is 7.11 Å². The highest BCUT2D eigenvalue weighted by atomic mass is 79.9. The van der Waals surface area contributed by atoms with Crippen LogP contribution in [0.4, 0.5) is 0 Å². The molecule has 1 aromatic rings. The average molecular weight is 284 g/mol. The van der Waals surface area contributed by atoms with Crippen molar-refractivity contribution >= 4 is 22.2 Å². The minimum atomic E-state index is -0.602. The van der Waals surface area contributed by atoms with Crippen LogP contribution < -0.4 is 9.47 Å². The Morgan fingerprint density at radius 2 is 2.19 bits per heavy atom. The molecule has 0 saturated heterocycles. The van der Waals surface area contributed by atoms with Crippen molar-refractivity contribution in [2.45, 2.75) is 13.0 Å². The number of methoxy groups -OCH3 is 1. The smallest absolute Gasteiger partial charge is 0.181 e. The van der Waals surface area contributed by atoms with Crippen LogP contribution in [0.3, 0.4) is 0 Å². The van der Waals surface area contributed by atoms with Crippen LogP contribution in [0.2, 0.25) is 0 Å². The fourth-order valence-electron chi connectivity index (χ4n) is 1.11. The lowest BCUT2D eigenvalue weighted by Gasteiger charge is -2.13. The molecule has 0 saturated carbocycles. The molecule has 0 aromatic heterocycles. The van der Waals surface area contributed by atoms with Crippen molar-refractivity contribution in [1.29, 1.82) is 5.26 Å². The summed E-state index contributed by atoms with van der Waals surface area (Å²) in [5.41, 5.74) is 0.445. The quantitative estimate of drug-likeness (QED) is 0.797. The summed E-state index contributed by atoms with van der Waals surface area (Å²) < 4.78 is 11.0. The molecule has 0 unspecified atom stereocenters. The fraction of sp³-hybridized carbons (Fsp3) is 0.273. The maximum absolute atomic E-state index is 10.7. The van der Waals surface area contributed by atoms with Gasteiger partial charge in [-0.3, -0.25) is 4.79 Å². The van der Waals surface area contributed by atoms with Gasteiger partial charge in [-0.05, 0) is 35.0 Å². The van der Waals surface area contributed by atoms with E-state index in [2.05, 4.69) is 15.9 Å². The molecular formula is C11H10BrNO3. The fourth-order valence-corrected chi connectivity index (χ4v) is 1.53. The molecule has 1 rings (SSSR count). The lowest BCUT2D eigenvalue weighted by atomic mass is 10.2. The second-order valence-corrected chi connectivity index (χ2v) is 3.89. The summed E-state index contributed by atoms with van der Waals surface area (Å²) in [5, 5.41) is 8.65. The number of nitriles is 1. The van der Waals surface area contributed by atoms with E-state index in [4.69, 9.17) is 14.7 Å². The van der Waals surface area contributed by atoms with Gasteiger partial charge in [0.25, 0.3) is 0 Å². The number of rotatable bonds is 4. The maximum Gasteiger partial charge on any atom is 0.181 e. The largest absolute Gasteiger partial charge is 0.493 e. The number of aldehydes is 1. The van der Waals surface area contributed by atoms with E-state index in [1.165, 1.54) is 13.2 Å². The molecule has 0 fully saturated rings. The van der Waals surface area contributed by atoms with Gasteiger partial charge in [-0.15, -0.1) is 0 Å². The number of hydrogen-bond acceptors (Lipinski definition) is 4. The first-order chi connectivity index (χ1) is 7.62. The molecule has 0 spiro atoms. The Labute approximate surface area is 102 Å². The number of nitrogens with zero attached hydrogens (tertiary/aromatic N) is 1. The predicted octanol–water partition coefficient (Wildman–Crippen LogP) is 2.56. The first-order valence-corrected chi connectivity index (χ1v) is 5.30. The third-order valence-corrected chi connectivity index (χ3v) is 2.58. The van der Waals surface area contributed by atoms with Crippen LogP contribution in [0.25, 0.3) is 0 Å². The summed E-state index contributed by atoms with van der Waals surface area (Å²) in [7, 11) is 1.49. The molecule has 4 nitrogen and oxygen atoms in total. The van der Waals surface area contributed by atoms with Gasteiger partial charge in [0.2, 0.25) is 0 Å². The van der Waals surface area contributed by atoms with Gasteiger partial charge in [0.1, 0.15) is 6.07 Å². The van der Waals surface area contributed by atoms with Crippen LogP contribution in [0.5, 0.6) is 11.5 Å². The number of hydrogen-bond donors (Lipinski definition) is 0. The van der Waals surface area contributed by atoms with Crippen molar-refractivity contribution in [3.05, 3.63) is 22.2 Å². The third-order valence-electron chi connectivity index (χ3n) is 1.90. The van der Waals surface area contributed by atoms with Gasteiger partial charge in [0.15, 0.2) is 23.9 Å². The van der Waals surface area contributed by atoms with E-state index in [0.717, 1.165) is 0 Å². The van der Waals surface area contributed by atoms with Crippen LogP contribution in [0.1, 0.15) is 17.3 Å². The minimum absolute atomic E-state index is 0.377. The second kappa shape index (κ2) is 5.52. The lowest BCUT2D eigenvalue weighted by molar-refractivity contribution is 0.112. The molecule has 0 radical (unpaired) electrons. The van der Waals surface area contributed by atoms with Crippen LogP contribution >= 0.6 is 15.9 Å². The Kier molecular flexibility index (Phi) is 4.32. The highest BCUT2D eigenvalue weighted by Crippen LogP contribution is 2.33. The first kappa shape index (κ1) is 12.5. The summed E-state index contributed by atoms with van der Waals surface area (Å²) >= 11 is 3.23. The number of benzene rings is 1. The van der Waals surface area contributed by atoms with Gasteiger partial charge in [0, 0.05) is 10.0 Å². The Morgan fingerprint density at radius 1 is 1.50 bits per heavy atom. The molecule has 84 valence electrons. The van der Waals surface area contributed by atoms with Crippen LogP contribution in [-0.4, -0.2) is 19.5 Å². The van der Waals surface area contributed by atoms with Crippen molar-refractivity contribution in [2.24, 2.45) is 0 Å². The summed E-state index contributed by atoms with van der Waals surface area (Å²) in [4.78, 5) is 10.7. The molecule has 0 aliphatic carbocycles. The molecule has 1 aromatic carbocycles. The normalized spacial score (nSPS) is 11.4. The summed E-state index contributed by atoms with van der Waals surface area (Å²) in [6.07, 6.45) is 0.0996. The Morgan fingerprint density at radius 3 is 2.69 bits per heavy atom. The van der Waals surface area contributed by atoms with E-state index in [1.54, 1.807) is 13.0 Å². The second-order valence-electron chi connectivity index (χ2n) is 3.03. The monoisotopic (exact) mass is 283 g/mol. The number of halogens is 1. The summed E-state index contributed by atoms with van der Waals surface area (Å²) in [6.45, 7) is 1.61. The van der Waals surface area contributed by atoms with E-state index in [0.29, 0.717) is 27.8 Å². The highest BCUT2D eigenvalue weighted by Gasteiger charge is 2.12. The lowest BCUT2D eigenvalue weighted by Crippen LogP contribution is -2.09. The first-order valence-electron chi connectivity index (χ1n) is 4.51. The molecule has 0 aliphatic heterocycles. The molecule has 5 heteroatoms. The minimum Gasteiger partial charge on any atom is -0.493 e. The summed E-state index contributed by atoms with van der Waals surface area (Å²) in [5.74, 6) is 0.849. The van der Waals surface area contributed by atoms with Crippen molar-refractivity contribution in [1.82, 2.24) is 0 Å². The van der Waals surface area contributed by atoms with Gasteiger partial charge in [-0.2, -0.15) is 5.26 Å². The van der Waals surface area contributed by atoms with Gasteiger partial charge in [-0.1, -0.05) is 0 Å². The van der Waals surface area contributed by atoms with E-state index in [9.17, 15) is 4.79 Å². The van der Waals surface area contributed by atoms with Crippen molar-refractivity contribution in [3.8, 4) is 17.6 Å². The Balaban J connectivity index is 3.15. The van der Waals surface area contributed by atoms with Crippen molar-refractivity contribution < 1.29 is 14.3 Å². The zero-order chi connectivity index (χ0) is 12.1. The number of carbonyl (C=O) groups is 1. The van der Waals surface area contributed by atoms with E-state index in [-0.39, 0.29) is 0 Å². The maximum atomic E-state index is 10.7. The zero-order valence-corrected chi connectivity index (χ0v) is 10.4. The van der Waals surface area contributed by atoms with Crippen LogP contribution in [-0.2, 0) is 0 Å². The third kappa shape index (κ3) is 2.74. The molecule has 0 aliphatic rings. The SMILES string of the molecule is COc1cc(Br)c(C=O)cc1O[C@H](C)C#N. The van der Waals surface area contributed by atoms with Gasteiger partial charge >= 0.3 is 0 Å². The highest BCUT2D eigenvalue weighted by molar-refractivity contribution is 9.10. The average Bonchev–Trinajstić information content (AvgIpc) is 2.30. The molecule has 1 atom stereocenters. The van der Waals surface area contributed by atoms with Gasteiger partial charge < -0.3 is 9.47 Å². The molecule has 0 N–H and O–H groups in total. The van der Waals surface area contributed by atoms with Crippen LogP contribution in [0, 0.1) is 11.3 Å². The predicted molar refractivity (Wildman–Crippen MR) is 61.8 cm³/mol. The van der Waals surface area contributed by atoms with E-state index in [1.807, 2.05) is 6.07 Å². The standard InChI is InChI=1S/C11H10BrNO3/c1-7(5-13)16-11-3-8(6-14)9(12)4-10(11)15-2/h3-4,6-7H,1-2H3/t7-/m1/s1. The molecule has 0 amide bonds. The zero-order valence-electron chi connectivity index (χ0n) is 8.86. The van der Waals surface area contributed by atoms with E-state index >= 15 is 0 Å². The number of carbonyl (C=O) groups excluding carboxylic acids is 1. The molecular weight excluding hydrogens is 274 g/mol. The van der Waals surface area contributed by atoms with Crippen LogP contribution in [0.15, 0.2) is 16.6 Å². The number of ether oxygens (including phenoxy) is 2. The molecule has 0 bridgehead atoms. The van der Waals surface area contributed by atoms with Gasteiger partial charge in [-0.25, -0.2) is 0 Å². The van der Waals surface area contributed by atoms with Crippen molar-refractivity contribution in [3.63, 3.8) is 0 Å².